The number of ether oxygens (including phenoxy) is 1. The van der Waals surface area contributed by atoms with E-state index in [0.717, 1.165) is 24.0 Å². The average Bonchev–Trinajstić information content (AvgIpc) is 2.71. The zero-order valence-electron chi connectivity index (χ0n) is 19.6. The van der Waals surface area contributed by atoms with Gasteiger partial charge < -0.3 is 20.1 Å². The molecular formula is C26H42O4. The highest BCUT2D eigenvalue weighted by molar-refractivity contribution is 5.54. The Labute approximate surface area is 182 Å². The lowest BCUT2D eigenvalue weighted by Crippen LogP contribution is -2.63. The van der Waals surface area contributed by atoms with Crippen molar-refractivity contribution in [3.05, 3.63) is 23.3 Å². The van der Waals surface area contributed by atoms with Crippen molar-refractivity contribution in [1.82, 2.24) is 0 Å². The maximum Gasteiger partial charge on any atom is 0.135 e. The molecule has 0 bridgehead atoms. The zero-order chi connectivity index (χ0) is 22.2. The molecule has 3 N–H and O–H groups in total. The normalized spacial score (nSPS) is 31.0. The van der Waals surface area contributed by atoms with Gasteiger partial charge in [-0.15, -0.1) is 0 Å². The van der Waals surface area contributed by atoms with E-state index >= 15 is 0 Å². The number of aliphatic hydroxyl groups is 2. The van der Waals surface area contributed by atoms with E-state index in [4.69, 9.17) is 4.74 Å². The number of aromatic hydroxyl groups is 1. The van der Waals surface area contributed by atoms with Gasteiger partial charge in [0.1, 0.15) is 22.7 Å². The van der Waals surface area contributed by atoms with E-state index in [-0.39, 0.29) is 29.6 Å². The first kappa shape index (κ1) is 23.4. The summed E-state index contributed by atoms with van der Waals surface area (Å²) in [6.07, 6.45) is 8.68. The van der Waals surface area contributed by atoms with Gasteiger partial charge in [-0.05, 0) is 68.1 Å². The van der Waals surface area contributed by atoms with Gasteiger partial charge >= 0.3 is 0 Å². The van der Waals surface area contributed by atoms with Crippen LogP contribution in [0, 0.1) is 5.92 Å². The molecule has 1 saturated carbocycles. The number of phenolic OH excluding ortho intramolecular Hbond substituents is 1. The third-order valence-corrected chi connectivity index (χ3v) is 8.17. The maximum atomic E-state index is 11.8. The summed E-state index contributed by atoms with van der Waals surface area (Å²) in [5.74, 6) is 0.865. The van der Waals surface area contributed by atoms with Gasteiger partial charge in [0, 0.05) is 18.1 Å². The first-order chi connectivity index (χ1) is 14.1. The Balaban J connectivity index is 2.00. The van der Waals surface area contributed by atoms with Crippen LogP contribution in [-0.4, -0.2) is 33.1 Å². The van der Waals surface area contributed by atoms with Crippen molar-refractivity contribution in [2.75, 3.05) is 6.61 Å². The van der Waals surface area contributed by atoms with Crippen molar-refractivity contribution in [1.29, 1.82) is 0 Å². The Bertz CT molecular complexity index is 743. The van der Waals surface area contributed by atoms with Crippen LogP contribution < -0.4 is 4.74 Å². The first-order valence-corrected chi connectivity index (χ1v) is 12.0. The van der Waals surface area contributed by atoms with Crippen molar-refractivity contribution in [2.45, 2.75) is 115 Å². The number of unbranched alkanes of at least 4 members (excludes halogenated alkanes) is 3. The molecule has 0 spiro atoms. The molecule has 1 fully saturated rings. The standard InChI is InChI=1S/C26H42O4/c1-6-8-9-10-12-24(3,4)19-15-21(28)23-20-14-18(17-27)11-13-26(20,29)25(5,7-2)30-22(23)16-19/h15-16,18,20,27-29H,6-14,17H2,1-5H3/t18-,20+,25+,26+/m1/s1. The SMILES string of the molecule is CCCCCCC(C)(C)c1cc(O)c2c(c1)O[C@@](C)(CC)[C@]1(O)CC[C@@H](CO)C[C@@H]21. The van der Waals surface area contributed by atoms with E-state index in [0.29, 0.717) is 25.0 Å². The van der Waals surface area contributed by atoms with Crippen LogP contribution in [0.5, 0.6) is 11.5 Å². The average molecular weight is 419 g/mol. The van der Waals surface area contributed by atoms with Crippen molar-refractivity contribution in [3.63, 3.8) is 0 Å². The van der Waals surface area contributed by atoms with Crippen LogP contribution in [0.1, 0.15) is 109 Å². The van der Waals surface area contributed by atoms with E-state index in [1.165, 1.54) is 25.7 Å². The fourth-order valence-electron chi connectivity index (χ4n) is 5.68. The zero-order valence-corrected chi connectivity index (χ0v) is 19.6. The summed E-state index contributed by atoms with van der Waals surface area (Å²) in [6.45, 7) is 10.9. The third-order valence-electron chi connectivity index (χ3n) is 8.17. The van der Waals surface area contributed by atoms with Gasteiger partial charge in [0.2, 0.25) is 0 Å². The van der Waals surface area contributed by atoms with Gasteiger partial charge in [-0.25, -0.2) is 0 Å². The number of hydrogen-bond donors (Lipinski definition) is 3. The molecule has 30 heavy (non-hydrogen) atoms. The molecule has 2 aliphatic rings. The van der Waals surface area contributed by atoms with Crippen LogP contribution in [-0.2, 0) is 5.41 Å². The minimum Gasteiger partial charge on any atom is -0.508 e. The molecule has 4 nitrogen and oxygen atoms in total. The van der Waals surface area contributed by atoms with Gasteiger partial charge in [0.25, 0.3) is 0 Å². The predicted molar refractivity (Wildman–Crippen MR) is 121 cm³/mol. The summed E-state index contributed by atoms with van der Waals surface area (Å²) in [4.78, 5) is 0. The molecule has 0 aromatic heterocycles. The topological polar surface area (TPSA) is 69.9 Å². The fourth-order valence-corrected chi connectivity index (χ4v) is 5.68. The van der Waals surface area contributed by atoms with Crippen molar-refractivity contribution >= 4 is 0 Å². The van der Waals surface area contributed by atoms with E-state index in [9.17, 15) is 15.3 Å². The van der Waals surface area contributed by atoms with E-state index < -0.39 is 11.2 Å². The summed E-state index contributed by atoms with van der Waals surface area (Å²) >= 11 is 0. The summed E-state index contributed by atoms with van der Waals surface area (Å²) < 4.78 is 6.50. The lowest BCUT2D eigenvalue weighted by atomic mass is 9.59. The van der Waals surface area contributed by atoms with Gasteiger partial charge in [-0.3, -0.25) is 0 Å². The number of hydrogen-bond acceptors (Lipinski definition) is 4. The predicted octanol–water partition coefficient (Wildman–Crippen LogP) is 5.81. The number of fused-ring (bicyclic) bond motifs is 3. The van der Waals surface area contributed by atoms with Gasteiger partial charge in [0.15, 0.2) is 0 Å². The molecule has 0 radical (unpaired) electrons. The second-order valence-electron chi connectivity index (χ2n) is 10.6. The van der Waals surface area contributed by atoms with Crippen LogP contribution in [0.3, 0.4) is 0 Å². The minimum atomic E-state index is -1.03. The van der Waals surface area contributed by atoms with Crippen molar-refractivity contribution < 1.29 is 20.1 Å². The van der Waals surface area contributed by atoms with Crippen LogP contribution in [0.25, 0.3) is 0 Å². The molecule has 4 atom stereocenters. The molecular weight excluding hydrogens is 376 g/mol. The highest BCUT2D eigenvalue weighted by Crippen LogP contribution is 2.59. The highest BCUT2D eigenvalue weighted by atomic mass is 16.5. The van der Waals surface area contributed by atoms with Crippen molar-refractivity contribution in [2.24, 2.45) is 5.92 Å². The lowest BCUT2D eigenvalue weighted by Gasteiger charge is -2.56. The number of phenols is 1. The monoisotopic (exact) mass is 418 g/mol. The summed E-state index contributed by atoms with van der Waals surface area (Å²) in [7, 11) is 0. The van der Waals surface area contributed by atoms with Crippen LogP contribution in [0.15, 0.2) is 12.1 Å². The Morgan fingerprint density at radius 3 is 2.53 bits per heavy atom. The number of benzene rings is 1. The summed E-state index contributed by atoms with van der Waals surface area (Å²) in [5.41, 5.74) is 0.0252. The Morgan fingerprint density at radius 2 is 1.90 bits per heavy atom. The van der Waals surface area contributed by atoms with Crippen LogP contribution >= 0.6 is 0 Å². The first-order valence-electron chi connectivity index (χ1n) is 12.0. The molecule has 1 aromatic carbocycles. The van der Waals surface area contributed by atoms with Crippen LogP contribution in [0.4, 0.5) is 0 Å². The molecule has 0 unspecified atom stereocenters. The molecule has 3 rings (SSSR count). The maximum absolute atomic E-state index is 11.8. The molecule has 170 valence electrons. The molecule has 1 heterocycles. The smallest absolute Gasteiger partial charge is 0.135 e. The Morgan fingerprint density at radius 1 is 1.17 bits per heavy atom. The van der Waals surface area contributed by atoms with Crippen LogP contribution in [0.2, 0.25) is 0 Å². The highest BCUT2D eigenvalue weighted by Gasteiger charge is 2.59. The fraction of sp³-hybridized carbons (Fsp3) is 0.769. The molecule has 4 heteroatoms. The van der Waals surface area contributed by atoms with Crippen molar-refractivity contribution in [3.8, 4) is 11.5 Å². The number of aliphatic hydroxyl groups excluding tert-OH is 1. The second kappa shape index (κ2) is 8.70. The Kier molecular flexibility index (Phi) is 6.79. The van der Waals surface area contributed by atoms with E-state index in [1.807, 2.05) is 13.0 Å². The quantitative estimate of drug-likeness (QED) is 0.466. The van der Waals surface area contributed by atoms with Gasteiger partial charge in [-0.2, -0.15) is 0 Å². The van der Waals surface area contributed by atoms with E-state index in [2.05, 4.69) is 33.8 Å². The lowest BCUT2D eigenvalue weighted by molar-refractivity contribution is -0.177. The largest absolute Gasteiger partial charge is 0.508 e. The molecule has 1 aliphatic heterocycles. The molecule has 1 aliphatic carbocycles. The molecule has 0 saturated heterocycles. The molecule has 1 aromatic rings. The van der Waals surface area contributed by atoms with Gasteiger partial charge in [-0.1, -0.05) is 53.4 Å². The van der Waals surface area contributed by atoms with E-state index in [1.54, 1.807) is 0 Å². The third kappa shape index (κ3) is 3.98. The number of rotatable bonds is 8. The molecule has 0 amide bonds. The van der Waals surface area contributed by atoms with Gasteiger partial charge in [0.05, 0.1) is 0 Å². The summed E-state index contributed by atoms with van der Waals surface area (Å²) in [5, 5.41) is 32.7. The Hall–Kier alpha value is -1.26. The minimum absolute atomic E-state index is 0.0554. The second-order valence-corrected chi connectivity index (χ2v) is 10.6. The summed E-state index contributed by atoms with van der Waals surface area (Å²) in [6, 6.07) is 3.99.